The third-order valence-corrected chi connectivity index (χ3v) is 3.72. The summed E-state index contributed by atoms with van der Waals surface area (Å²) in [4.78, 5) is 1.43. The standard InChI is InChI=1S/C13H23NOS/c1-4-11(8-12-6-5-7-16-12)14-9-13(2,3)10-15/h5-7,11,14-15H,4,8-10H2,1-3H3. The third kappa shape index (κ3) is 4.64. The van der Waals surface area contributed by atoms with Crippen molar-refractivity contribution in [3.8, 4) is 0 Å². The van der Waals surface area contributed by atoms with Crippen LogP contribution in [-0.4, -0.2) is 24.3 Å². The first-order chi connectivity index (χ1) is 7.57. The van der Waals surface area contributed by atoms with Crippen LogP contribution in [0.5, 0.6) is 0 Å². The lowest BCUT2D eigenvalue weighted by Crippen LogP contribution is -2.39. The average Bonchev–Trinajstić information content (AvgIpc) is 2.77. The van der Waals surface area contributed by atoms with Crippen LogP contribution in [0.2, 0.25) is 0 Å². The van der Waals surface area contributed by atoms with Gasteiger partial charge >= 0.3 is 0 Å². The normalized spacial score (nSPS) is 14.0. The number of aliphatic hydroxyl groups excluding tert-OH is 1. The highest BCUT2D eigenvalue weighted by molar-refractivity contribution is 7.09. The van der Waals surface area contributed by atoms with Crippen molar-refractivity contribution in [3.63, 3.8) is 0 Å². The molecular weight excluding hydrogens is 218 g/mol. The maximum Gasteiger partial charge on any atom is 0.0494 e. The highest BCUT2D eigenvalue weighted by Gasteiger charge is 2.18. The zero-order chi connectivity index (χ0) is 12.0. The second kappa shape index (κ2) is 6.38. The lowest BCUT2D eigenvalue weighted by molar-refractivity contribution is 0.152. The van der Waals surface area contributed by atoms with E-state index in [1.54, 1.807) is 0 Å². The minimum Gasteiger partial charge on any atom is -0.396 e. The lowest BCUT2D eigenvalue weighted by atomic mass is 9.94. The van der Waals surface area contributed by atoms with Crippen molar-refractivity contribution in [1.82, 2.24) is 5.32 Å². The van der Waals surface area contributed by atoms with Gasteiger partial charge in [0.15, 0.2) is 0 Å². The molecule has 2 nitrogen and oxygen atoms in total. The van der Waals surface area contributed by atoms with E-state index in [-0.39, 0.29) is 12.0 Å². The van der Waals surface area contributed by atoms with Gasteiger partial charge < -0.3 is 10.4 Å². The van der Waals surface area contributed by atoms with Crippen LogP contribution in [0.4, 0.5) is 0 Å². The van der Waals surface area contributed by atoms with Crippen LogP contribution in [0.3, 0.4) is 0 Å². The van der Waals surface area contributed by atoms with E-state index in [1.165, 1.54) is 4.88 Å². The number of thiophene rings is 1. The van der Waals surface area contributed by atoms with Gasteiger partial charge in [0.25, 0.3) is 0 Å². The molecule has 1 aromatic rings. The maximum absolute atomic E-state index is 9.20. The number of nitrogens with one attached hydrogen (secondary N) is 1. The van der Waals surface area contributed by atoms with Crippen molar-refractivity contribution >= 4 is 11.3 Å². The van der Waals surface area contributed by atoms with Crippen LogP contribution < -0.4 is 5.32 Å². The molecule has 0 saturated heterocycles. The Balaban J connectivity index is 2.38. The van der Waals surface area contributed by atoms with E-state index < -0.39 is 0 Å². The number of rotatable bonds is 7. The highest BCUT2D eigenvalue weighted by Crippen LogP contribution is 2.15. The van der Waals surface area contributed by atoms with E-state index in [2.05, 4.69) is 43.6 Å². The molecule has 0 aliphatic carbocycles. The van der Waals surface area contributed by atoms with Gasteiger partial charge in [0, 0.05) is 29.5 Å². The molecule has 2 N–H and O–H groups in total. The minimum atomic E-state index is -0.0249. The van der Waals surface area contributed by atoms with Crippen LogP contribution in [0, 0.1) is 5.41 Å². The maximum atomic E-state index is 9.20. The molecule has 1 aromatic heterocycles. The van der Waals surface area contributed by atoms with Crippen molar-refractivity contribution < 1.29 is 5.11 Å². The summed E-state index contributed by atoms with van der Waals surface area (Å²) < 4.78 is 0. The first kappa shape index (κ1) is 13.7. The molecule has 0 aliphatic rings. The molecule has 16 heavy (non-hydrogen) atoms. The largest absolute Gasteiger partial charge is 0.396 e. The lowest BCUT2D eigenvalue weighted by Gasteiger charge is -2.26. The van der Waals surface area contributed by atoms with Gasteiger partial charge in [0.1, 0.15) is 0 Å². The first-order valence-corrected chi connectivity index (χ1v) is 6.82. The Hall–Kier alpha value is -0.380. The van der Waals surface area contributed by atoms with Gasteiger partial charge in [-0.1, -0.05) is 26.8 Å². The van der Waals surface area contributed by atoms with Crippen molar-refractivity contribution in [1.29, 1.82) is 0 Å². The monoisotopic (exact) mass is 241 g/mol. The second-order valence-corrected chi connectivity index (χ2v) is 6.12. The van der Waals surface area contributed by atoms with Crippen LogP contribution in [0.15, 0.2) is 17.5 Å². The topological polar surface area (TPSA) is 32.3 Å². The molecule has 0 aromatic carbocycles. The van der Waals surface area contributed by atoms with Crippen molar-refractivity contribution in [2.45, 2.75) is 39.7 Å². The summed E-state index contributed by atoms with van der Waals surface area (Å²) in [6.45, 7) is 7.47. The van der Waals surface area contributed by atoms with Gasteiger partial charge in [-0.15, -0.1) is 11.3 Å². The van der Waals surface area contributed by atoms with E-state index in [0.29, 0.717) is 6.04 Å². The van der Waals surface area contributed by atoms with Crippen LogP contribution in [0.1, 0.15) is 32.1 Å². The third-order valence-electron chi connectivity index (χ3n) is 2.82. The van der Waals surface area contributed by atoms with Gasteiger partial charge in [-0.25, -0.2) is 0 Å². The highest BCUT2D eigenvalue weighted by atomic mass is 32.1. The molecule has 1 heterocycles. The SMILES string of the molecule is CCC(Cc1cccs1)NCC(C)(C)CO. The summed E-state index contributed by atoms with van der Waals surface area (Å²) in [5.74, 6) is 0. The summed E-state index contributed by atoms with van der Waals surface area (Å²) >= 11 is 1.82. The fourth-order valence-electron chi connectivity index (χ4n) is 1.51. The quantitative estimate of drug-likeness (QED) is 0.769. The van der Waals surface area contributed by atoms with Crippen LogP contribution in [0.25, 0.3) is 0 Å². The van der Waals surface area contributed by atoms with Gasteiger partial charge in [0.05, 0.1) is 0 Å². The first-order valence-electron chi connectivity index (χ1n) is 5.94. The van der Waals surface area contributed by atoms with Crippen molar-refractivity contribution in [3.05, 3.63) is 22.4 Å². The molecule has 0 saturated carbocycles. The second-order valence-electron chi connectivity index (χ2n) is 5.09. The van der Waals surface area contributed by atoms with Gasteiger partial charge in [0.2, 0.25) is 0 Å². The summed E-state index contributed by atoms with van der Waals surface area (Å²) in [5.41, 5.74) is -0.0249. The van der Waals surface area contributed by atoms with E-state index >= 15 is 0 Å². The zero-order valence-electron chi connectivity index (χ0n) is 10.5. The minimum absolute atomic E-state index is 0.0249. The van der Waals surface area contributed by atoms with Crippen LogP contribution in [-0.2, 0) is 6.42 Å². The molecule has 92 valence electrons. The summed E-state index contributed by atoms with van der Waals surface area (Å²) in [7, 11) is 0. The predicted octanol–water partition coefficient (Wildman–Crippen LogP) is 2.68. The Morgan fingerprint density at radius 3 is 2.75 bits per heavy atom. The van der Waals surface area contributed by atoms with E-state index in [0.717, 1.165) is 19.4 Å². The summed E-state index contributed by atoms with van der Waals surface area (Å²) in [5, 5.41) is 14.9. The molecule has 0 amide bonds. The van der Waals surface area contributed by atoms with Gasteiger partial charge in [-0.2, -0.15) is 0 Å². The van der Waals surface area contributed by atoms with Gasteiger partial charge in [-0.05, 0) is 24.3 Å². The van der Waals surface area contributed by atoms with Crippen molar-refractivity contribution in [2.75, 3.05) is 13.2 Å². The summed E-state index contributed by atoms with van der Waals surface area (Å²) in [6, 6.07) is 4.81. The Morgan fingerprint density at radius 2 is 2.25 bits per heavy atom. The molecule has 1 rings (SSSR count). The van der Waals surface area contributed by atoms with Crippen molar-refractivity contribution in [2.24, 2.45) is 5.41 Å². The molecule has 0 bridgehead atoms. The Morgan fingerprint density at radius 1 is 1.50 bits per heavy atom. The van der Waals surface area contributed by atoms with Crippen LogP contribution >= 0.6 is 11.3 Å². The number of aliphatic hydroxyl groups is 1. The van der Waals surface area contributed by atoms with E-state index in [9.17, 15) is 5.11 Å². The molecule has 0 fully saturated rings. The average molecular weight is 241 g/mol. The molecular formula is C13H23NOS. The molecule has 1 atom stereocenters. The number of hydrogen-bond donors (Lipinski definition) is 2. The Labute approximate surface area is 103 Å². The molecule has 1 unspecified atom stereocenters. The summed E-state index contributed by atoms with van der Waals surface area (Å²) in [6.07, 6.45) is 2.22. The Bertz CT molecular complexity index is 282. The predicted molar refractivity (Wildman–Crippen MR) is 71.0 cm³/mol. The van der Waals surface area contributed by atoms with Gasteiger partial charge in [-0.3, -0.25) is 0 Å². The Kier molecular flexibility index (Phi) is 5.46. The molecule has 0 aliphatic heterocycles. The van der Waals surface area contributed by atoms with E-state index in [4.69, 9.17) is 0 Å². The zero-order valence-corrected chi connectivity index (χ0v) is 11.3. The smallest absolute Gasteiger partial charge is 0.0494 e. The fourth-order valence-corrected chi connectivity index (χ4v) is 2.30. The van der Waals surface area contributed by atoms with E-state index in [1.807, 2.05) is 11.3 Å². The molecule has 0 radical (unpaired) electrons. The fraction of sp³-hybridized carbons (Fsp3) is 0.692. The molecule has 0 spiro atoms. The number of hydrogen-bond acceptors (Lipinski definition) is 3. The molecule has 3 heteroatoms.